The third-order valence-electron chi connectivity index (χ3n) is 1.25. The zero-order chi connectivity index (χ0) is 9.23. The molecule has 0 aromatic heterocycles. The molecule has 0 atom stereocenters. The van der Waals surface area contributed by atoms with Gasteiger partial charge in [0.25, 0.3) is 0 Å². The molecule has 0 unspecified atom stereocenters. The molecule has 12 heavy (non-hydrogen) atoms. The van der Waals surface area contributed by atoms with Crippen molar-refractivity contribution >= 4 is 5.97 Å². The SMILES string of the molecule is C#CCCCCC(=O)OCC#N. The van der Waals surface area contributed by atoms with Gasteiger partial charge in [0.15, 0.2) is 6.61 Å². The normalized spacial score (nSPS) is 8.17. The summed E-state index contributed by atoms with van der Waals surface area (Å²) in [6.07, 6.45) is 7.62. The minimum atomic E-state index is -0.325. The average Bonchev–Trinajstić information content (AvgIpc) is 2.09. The molecule has 0 amide bonds. The van der Waals surface area contributed by atoms with Crippen LogP contribution in [0, 0.1) is 23.7 Å². The van der Waals surface area contributed by atoms with Crippen molar-refractivity contribution in [3.63, 3.8) is 0 Å². The third-order valence-corrected chi connectivity index (χ3v) is 1.25. The number of terminal acetylenes is 1. The van der Waals surface area contributed by atoms with Crippen molar-refractivity contribution in [2.75, 3.05) is 6.61 Å². The molecule has 0 N–H and O–H groups in total. The van der Waals surface area contributed by atoms with Gasteiger partial charge in [-0.15, -0.1) is 12.3 Å². The minimum absolute atomic E-state index is 0.159. The predicted molar refractivity (Wildman–Crippen MR) is 43.9 cm³/mol. The Morgan fingerprint density at radius 1 is 1.50 bits per heavy atom. The quantitative estimate of drug-likeness (QED) is 0.350. The number of carbonyl (C=O) groups excluding carboxylic acids is 1. The van der Waals surface area contributed by atoms with E-state index < -0.39 is 0 Å². The van der Waals surface area contributed by atoms with Crippen LogP contribution >= 0.6 is 0 Å². The topological polar surface area (TPSA) is 50.1 Å². The first-order valence-corrected chi connectivity index (χ1v) is 3.77. The van der Waals surface area contributed by atoms with Gasteiger partial charge < -0.3 is 4.74 Å². The standard InChI is InChI=1S/C9H11NO2/c1-2-3-4-5-6-9(11)12-8-7-10/h1H,3-6,8H2. The molecule has 3 heteroatoms. The number of hydrogen-bond donors (Lipinski definition) is 0. The molecule has 0 rings (SSSR count). The van der Waals surface area contributed by atoms with Crippen LogP contribution in [-0.2, 0) is 9.53 Å². The van der Waals surface area contributed by atoms with Gasteiger partial charge >= 0.3 is 5.97 Å². The molecule has 0 aromatic carbocycles. The van der Waals surface area contributed by atoms with E-state index in [0.717, 1.165) is 12.8 Å². The van der Waals surface area contributed by atoms with Crippen molar-refractivity contribution < 1.29 is 9.53 Å². The molecule has 3 nitrogen and oxygen atoms in total. The highest BCUT2D eigenvalue weighted by Gasteiger charge is 2.00. The van der Waals surface area contributed by atoms with Crippen LogP contribution in [0.15, 0.2) is 0 Å². The fourth-order valence-corrected chi connectivity index (χ4v) is 0.681. The lowest BCUT2D eigenvalue weighted by Crippen LogP contribution is -2.03. The predicted octanol–water partition coefficient (Wildman–Crippen LogP) is 1.25. The molecule has 0 aromatic rings. The fraction of sp³-hybridized carbons (Fsp3) is 0.556. The summed E-state index contributed by atoms with van der Waals surface area (Å²) in [5.41, 5.74) is 0. The van der Waals surface area contributed by atoms with E-state index in [2.05, 4.69) is 10.7 Å². The number of carbonyl (C=O) groups is 1. The Balaban J connectivity index is 3.22. The molecular weight excluding hydrogens is 154 g/mol. The Bertz CT molecular complexity index is 210. The molecule has 0 radical (unpaired) electrons. The van der Waals surface area contributed by atoms with Crippen LogP contribution in [0.5, 0.6) is 0 Å². The lowest BCUT2D eigenvalue weighted by atomic mass is 10.2. The van der Waals surface area contributed by atoms with E-state index in [4.69, 9.17) is 11.7 Å². The second-order valence-corrected chi connectivity index (χ2v) is 2.23. The van der Waals surface area contributed by atoms with E-state index in [1.165, 1.54) is 0 Å². The Morgan fingerprint density at radius 2 is 2.25 bits per heavy atom. The number of hydrogen-bond acceptors (Lipinski definition) is 3. The zero-order valence-electron chi connectivity index (χ0n) is 6.88. The number of nitrogens with zero attached hydrogens (tertiary/aromatic N) is 1. The van der Waals surface area contributed by atoms with E-state index >= 15 is 0 Å². The van der Waals surface area contributed by atoms with E-state index in [1.807, 2.05) is 0 Å². The second kappa shape index (κ2) is 7.63. The van der Waals surface area contributed by atoms with E-state index in [9.17, 15) is 4.79 Å². The summed E-state index contributed by atoms with van der Waals surface area (Å²) in [6, 6.07) is 1.72. The number of nitriles is 1. The molecule has 0 aliphatic carbocycles. The first-order valence-electron chi connectivity index (χ1n) is 3.77. The lowest BCUT2D eigenvalue weighted by Gasteiger charge is -1.97. The second-order valence-electron chi connectivity index (χ2n) is 2.23. The van der Waals surface area contributed by atoms with Gasteiger partial charge in [-0.2, -0.15) is 5.26 Å². The van der Waals surface area contributed by atoms with Crippen molar-refractivity contribution in [1.82, 2.24) is 0 Å². The van der Waals surface area contributed by atoms with Gasteiger partial charge in [0.05, 0.1) is 0 Å². The summed E-state index contributed by atoms with van der Waals surface area (Å²) in [5.74, 6) is 2.15. The Hall–Kier alpha value is -1.48. The third kappa shape index (κ3) is 6.64. The summed E-state index contributed by atoms with van der Waals surface area (Å²) >= 11 is 0. The molecule has 0 saturated heterocycles. The molecule has 0 fully saturated rings. The van der Waals surface area contributed by atoms with Crippen molar-refractivity contribution in [2.45, 2.75) is 25.7 Å². The molecule has 0 bridgehead atoms. The zero-order valence-corrected chi connectivity index (χ0v) is 6.88. The van der Waals surface area contributed by atoms with Gasteiger partial charge in [-0.25, -0.2) is 0 Å². The van der Waals surface area contributed by atoms with Gasteiger partial charge in [-0.3, -0.25) is 4.79 Å². The van der Waals surface area contributed by atoms with Gasteiger partial charge in [0, 0.05) is 12.8 Å². The molecule has 0 aliphatic rings. The largest absolute Gasteiger partial charge is 0.450 e. The smallest absolute Gasteiger partial charge is 0.306 e. The van der Waals surface area contributed by atoms with Crippen LogP contribution in [0.4, 0.5) is 0 Å². The molecular formula is C9H11NO2. The fourth-order valence-electron chi connectivity index (χ4n) is 0.681. The van der Waals surface area contributed by atoms with Crippen molar-refractivity contribution in [1.29, 1.82) is 5.26 Å². The Morgan fingerprint density at radius 3 is 2.83 bits per heavy atom. The van der Waals surface area contributed by atoms with Crippen molar-refractivity contribution in [2.24, 2.45) is 0 Å². The number of ether oxygens (including phenoxy) is 1. The lowest BCUT2D eigenvalue weighted by molar-refractivity contribution is -0.142. The molecule has 0 spiro atoms. The molecule has 0 heterocycles. The summed E-state index contributed by atoms with van der Waals surface area (Å²) in [4.78, 5) is 10.7. The van der Waals surface area contributed by atoms with Gasteiger partial charge in [0.1, 0.15) is 6.07 Å². The first kappa shape index (κ1) is 10.5. The minimum Gasteiger partial charge on any atom is -0.450 e. The van der Waals surface area contributed by atoms with Crippen LogP contribution in [0.3, 0.4) is 0 Å². The Kier molecular flexibility index (Phi) is 6.68. The number of unbranched alkanes of at least 4 members (excludes halogenated alkanes) is 2. The highest BCUT2D eigenvalue weighted by Crippen LogP contribution is 1.99. The van der Waals surface area contributed by atoms with Gasteiger partial charge in [-0.1, -0.05) is 0 Å². The van der Waals surface area contributed by atoms with Crippen LogP contribution in [0.2, 0.25) is 0 Å². The van der Waals surface area contributed by atoms with Gasteiger partial charge in [-0.05, 0) is 12.8 Å². The maximum atomic E-state index is 10.7. The highest BCUT2D eigenvalue weighted by atomic mass is 16.5. The molecule has 64 valence electrons. The van der Waals surface area contributed by atoms with Crippen LogP contribution in [0.25, 0.3) is 0 Å². The molecule has 0 aliphatic heterocycles. The molecule has 0 saturated carbocycles. The summed E-state index contributed by atoms with van der Waals surface area (Å²) < 4.78 is 4.52. The summed E-state index contributed by atoms with van der Waals surface area (Å²) in [7, 11) is 0. The Labute approximate surface area is 72.3 Å². The van der Waals surface area contributed by atoms with Crippen molar-refractivity contribution in [3.8, 4) is 18.4 Å². The monoisotopic (exact) mass is 165 g/mol. The average molecular weight is 165 g/mol. The van der Waals surface area contributed by atoms with E-state index in [-0.39, 0.29) is 12.6 Å². The van der Waals surface area contributed by atoms with E-state index in [1.54, 1.807) is 6.07 Å². The maximum Gasteiger partial charge on any atom is 0.306 e. The summed E-state index contributed by atoms with van der Waals surface area (Å²) in [6.45, 7) is -0.159. The number of rotatable bonds is 5. The number of esters is 1. The first-order chi connectivity index (χ1) is 5.81. The van der Waals surface area contributed by atoms with Crippen LogP contribution in [-0.4, -0.2) is 12.6 Å². The van der Waals surface area contributed by atoms with E-state index in [0.29, 0.717) is 12.8 Å². The summed E-state index contributed by atoms with van der Waals surface area (Å²) in [5, 5.41) is 8.07. The van der Waals surface area contributed by atoms with Crippen LogP contribution in [0.1, 0.15) is 25.7 Å². The highest BCUT2D eigenvalue weighted by molar-refractivity contribution is 5.69. The van der Waals surface area contributed by atoms with Gasteiger partial charge in [0.2, 0.25) is 0 Å². The maximum absolute atomic E-state index is 10.7. The van der Waals surface area contributed by atoms with Crippen LogP contribution < -0.4 is 0 Å². The van der Waals surface area contributed by atoms with Crippen molar-refractivity contribution in [3.05, 3.63) is 0 Å².